The summed E-state index contributed by atoms with van der Waals surface area (Å²) in [5.41, 5.74) is 0. The number of carbonyl (C=O) groups excluding carboxylic acids is 2. The molecular weight excluding hydrogens is 1050 g/mol. The number of hydrogen-bond donors (Lipinski definition) is 1. The summed E-state index contributed by atoms with van der Waals surface area (Å²) in [5.74, 6) is -1.98. The Labute approximate surface area is 528 Å². The van der Waals surface area contributed by atoms with E-state index in [0.29, 0.717) is 17.4 Å². The fourth-order valence-corrected chi connectivity index (χ4v) is 11.5. The molecular formula is C76H146NO8+. The Morgan fingerprint density at radius 2 is 0.635 bits per heavy atom. The van der Waals surface area contributed by atoms with Gasteiger partial charge in [-0.2, -0.15) is 0 Å². The Hall–Kier alpha value is -2.23. The molecule has 0 spiro atoms. The number of ether oxygens (including phenoxy) is 4. The van der Waals surface area contributed by atoms with Gasteiger partial charge in [-0.05, 0) is 44.9 Å². The third-order valence-corrected chi connectivity index (χ3v) is 17.2. The van der Waals surface area contributed by atoms with Gasteiger partial charge in [0.05, 0.1) is 34.4 Å². The molecule has 0 heterocycles. The largest absolute Gasteiger partial charge is 0.477 e. The summed E-state index contributed by atoms with van der Waals surface area (Å²) in [4.78, 5) is 37.6. The number of esters is 2. The maximum Gasteiger partial charge on any atom is 0.361 e. The molecule has 0 aliphatic rings. The van der Waals surface area contributed by atoms with Crippen molar-refractivity contribution in [1.82, 2.24) is 0 Å². The molecule has 0 bridgehead atoms. The van der Waals surface area contributed by atoms with Crippen LogP contribution >= 0.6 is 0 Å². The molecule has 1 N–H and O–H groups in total. The molecule has 0 aromatic heterocycles. The van der Waals surface area contributed by atoms with E-state index < -0.39 is 18.4 Å². The van der Waals surface area contributed by atoms with Crippen molar-refractivity contribution in [2.75, 3.05) is 47.5 Å². The van der Waals surface area contributed by atoms with Crippen LogP contribution in [0, 0.1) is 0 Å². The summed E-state index contributed by atoms with van der Waals surface area (Å²) in [7, 11) is 5.99. The number of carboxylic acids is 1. The minimum absolute atomic E-state index is 0.177. The summed E-state index contributed by atoms with van der Waals surface area (Å²) in [6.07, 6.45) is 81.8. The Kier molecular flexibility index (Phi) is 65.9. The van der Waals surface area contributed by atoms with Crippen LogP contribution in [-0.2, 0) is 33.3 Å². The highest BCUT2D eigenvalue weighted by Gasteiger charge is 2.25. The van der Waals surface area contributed by atoms with Gasteiger partial charge in [-0.25, -0.2) is 4.79 Å². The molecule has 0 aliphatic heterocycles. The van der Waals surface area contributed by atoms with Crippen LogP contribution in [0.25, 0.3) is 0 Å². The minimum Gasteiger partial charge on any atom is -0.477 e. The third kappa shape index (κ3) is 69.1. The van der Waals surface area contributed by atoms with Crippen LogP contribution in [0.15, 0.2) is 24.3 Å². The van der Waals surface area contributed by atoms with Gasteiger partial charge in [0, 0.05) is 12.8 Å². The molecule has 0 saturated heterocycles. The van der Waals surface area contributed by atoms with Gasteiger partial charge in [0.2, 0.25) is 0 Å². The molecule has 0 aromatic rings. The van der Waals surface area contributed by atoms with Crippen LogP contribution in [0.5, 0.6) is 0 Å². The first kappa shape index (κ1) is 82.8. The first-order valence-corrected chi connectivity index (χ1v) is 37.5. The lowest BCUT2D eigenvalue weighted by atomic mass is 10.0. The topological polar surface area (TPSA) is 108 Å². The molecule has 502 valence electrons. The number of aliphatic carboxylic acids is 1. The van der Waals surface area contributed by atoms with E-state index in [1.807, 2.05) is 21.1 Å². The Morgan fingerprint density at radius 3 is 0.929 bits per heavy atom. The molecule has 0 radical (unpaired) electrons. The second-order valence-corrected chi connectivity index (χ2v) is 27.0. The van der Waals surface area contributed by atoms with Crippen LogP contribution in [0.4, 0.5) is 0 Å². The molecule has 0 amide bonds. The van der Waals surface area contributed by atoms with Gasteiger partial charge in [0.15, 0.2) is 6.10 Å². The fourth-order valence-electron chi connectivity index (χ4n) is 11.5. The van der Waals surface area contributed by atoms with Gasteiger partial charge in [0.25, 0.3) is 6.29 Å². The zero-order valence-corrected chi connectivity index (χ0v) is 57.6. The van der Waals surface area contributed by atoms with Crippen LogP contribution in [-0.4, -0.2) is 87.4 Å². The number of hydrogen-bond acceptors (Lipinski definition) is 7. The maximum absolute atomic E-state index is 12.9. The van der Waals surface area contributed by atoms with Crippen molar-refractivity contribution >= 4 is 17.9 Å². The van der Waals surface area contributed by atoms with Crippen LogP contribution in [0.1, 0.15) is 386 Å². The third-order valence-electron chi connectivity index (χ3n) is 17.2. The average molecular weight is 1200 g/mol. The maximum atomic E-state index is 12.9. The Balaban J connectivity index is 3.96. The van der Waals surface area contributed by atoms with Crippen LogP contribution < -0.4 is 0 Å². The highest BCUT2D eigenvalue weighted by Crippen LogP contribution is 2.20. The van der Waals surface area contributed by atoms with Crippen LogP contribution in [0.2, 0.25) is 0 Å². The average Bonchev–Trinajstić information content (AvgIpc) is 3.49. The second-order valence-electron chi connectivity index (χ2n) is 27.0. The van der Waals surface area contributed by atoms with Gasteiger partial charge in [0.1, 0.15) is 13.2 Å². The number of carbonyl (C=O) groups is 3. The van der Waals surface area contributed by atoms with Crippen molar-refractivity contribution in [3.63, 3.8) is 0 Å². The minimum atomic E-state index is -1.51. The summed E-state index contributed by atoms with van der Waals surface area (Å²) < 4.78 is 23.0. The lowest BCUT2D eigenvalue weighted by Gasteiger charge is -2.25. The lowest BCUT2D eigenvalue weighted by Crippen LogP contribution is -2.40. The van der Waals surface area contributed by atoms with E-state index >= 15 is 0 Å². The summed E-state index contributed by atoms with van der Waals surface area (Å²) >= 11 is 0. The standard InChI is InChI=1S/C76H145NO8/c1-6-8-10-12-14-16-18-20-22-24-26-28-30-31-32-33-34-35-36-37-38-39-40-41-42-43-45-46-48-50-52-54-56-58-60-62-64-66-73(78)83-70-72(71-84-76(75(80)81)82-69-68-77(3,4)5)85-74(79)67-65-63-61-59-57-55-53-51-49-47-44-29-27-25-23-21-19-17-15-13-11-9-7-2/h19,21,25,27,72,76H,6-18,20,22-24,26,28-71H2,1-5H3/p+1/b21-19-,27-25-. The number of allylic oxidation sites excluding steroid dienone is 4. The Morgan fingerprint density at radius 1 is 0.353 bits per heavy atom. The summed E-state index contributed by atoms with van der Waals surface area (Å²) in [6.45, 7) is 4.94. The van der Waals surface area contributed by atoms with Gasteiger partial charge in [-0.15, -0.1) is 0 Å². The van der Waals surface area contributed by atoms with E-state index in [2.05, 4.69) is 38.2 Å². The molecule has 0 aromatic carbocycles. The van der Waals surface area contributed by atoms with Crippen molar-refractivity contribution in [2.45, 2.75) is 399 Å². The van der Waals surface area contributed by atoms with E-state index in [1.165, 1.54) is 315 Å². The van der Waals surface area contributed by atoms with Crippen LogP contribution in [0.3, 0.4) is 0 Å². The van der Waals surface area contributed by atoms with E-state index in [0.717, 1.165) is 44.9 Å². The smallest absolute Gasteiger partial charge is 0.361 e. The monoisotopic (exact) mass is 1200 g/mol. The second kappa shape index (κ2) is 67.7. The van der Waals surface area contributed by atoms with Gasteiger partial charge < -0.3 is 28.5 Å². The van der Waals surface area contributed by atoms with Crippen molar-refractivity contribution in [3.8, 4) is 0 Å². The first-order chi connectivity index (χ1) is 41.6. The predicted octanol–water partition coefficient (Wildman–Crippen LogP) is 23.4. The molecule has 0 aliphatic carbocycles. The molecule has 0 saturated carbocycles. The van der Waals surface area contributed by atoms with Crippen molar-refractivity contribution < 1.29 is 42.9 Å². The van der Waals surface area contributed by atoms with Crippen molar-refractivity contribution in [3.05, 3.63) is 24.3 Å². The molecule has 2 atom stereocenters. The highest BCUT2D eigenvalue weighted by atomic mass is 16.7. The zero-order chi connectivity index (χ0) is 61.9. The number of likely N-dealkylation sites (N-methyl/N-ethyl adjacent to an activating group) is 1. The molecule has 85 heavy (non-hydrogen) atoms. The number of carboxylic acid groups (broad SMARTS) is 1. The molecule has 2 unspecified atom stereocenters. The first-order valence-electron chi connectivity index (χ1n) is 37.5. The summed E-state index contributed by atoms with van der Waals surface area (Å²) in [6, 6.07) is 0. The number of nitrogens with zero attached hydrogens (tertiary/aromatic N) is 1. The highest BCUT2D eigenvalue weighted by molar-refractivity contribution is 5.71. The molecule has 0 fully saturated rings. The number of rotatable bonds is 71. The van der Waals surface area contributed by atoms with Gasteiger partial charge >= 0.3 is 17.9 Å². The van der Waals surface area contributed by atoms with E-state index in [1.54, 1.807) is 0 Å². The van der Waals surface area contributed by atoms with E-state index in [4.69, 9.17) is 18.9 Å². The molecule has 9 nitrogen and oxygen atoms in total. The fraction of sp³-hybridized carbons (Fsp3) is 0.908. The van der Waals surface area contributed by atoms with E-state index in [-0.39, 0.29) is 38.2 Å². The zero-order valence-electron chi connectivity index (χ0n) is 57.6. The quantitative estimate of drug-likeness (QED) is 0.0211. The summed E-state index contributed by atoms with van der Waals surface area (Å²) in [5, 5.41) is 9.75. The number of unbranched alkanes of at least 4 members (excludes halogenated alkanes) is 52. The lowest BCUT2D eigenvalue weighted by molar-refractivity contribution is -0.870. The van der Waals surface area contributed by atoms with Gasteiger partial charge in [-0.3, -0.25) is 9.59 Å². The predicted molar refractivity (Wildman–Crippen MR) is 364 cm³/mol. The Bertz CT molecular complexity index is 1440. The SMILES string of the molecule is CCCCCCC/C=C\C/C=C\CCCCCCCCCCCCCC(=O)OC(COC(=O)CCCCCCCCCCCCCCCCCCCCCCCCCCCCCCCCCCCCCCC)COC(OCC[N+](C)(C)C)C(=O)O. The normalized spacial score (nSPS) is 12.7. The van der Waals surface area contributed by atoms with E-state index in [9.17, 15) is 19.5 Å². The number of quaternary nitrogens is 1. The van der Waals surface area contributed by atoms with Gasteiger partial charge in [-0.1, -0.05) is 353 Å². The molecule has 9 heteroatoms. The molecule has 0 rings (SSSR count). The van der Waals surface area contributed by atoms with Crippen molar-refractivity contribution in [1.29, 1.82) is 0 Å². The van der Waals surface area contributed by atoms with Crippen molar-refractivity contribution in [2.24, 2.45) is 0 Å².